The largest absolute Gasteiger partial charge is 0.296 e. The van der Waals surface area contributed by atoms with Crippen LogP contribution < -0.4 is 0 Å². The Hall–Kier alpha value is -2.86. The number of halogens is 2. The van der Waals surface area contributed by atoms with Gasteiger partial charge in [-0.2, -0.15) is 0 Å². The highest BCUT2D eigenvalue weighted by atomic mass is 35.5. The van der Waals surface area contributed by atoms with Crippen LogP contribution in [0.3, 0.4) is 0 Å². The van der Waals surface area contributed by atoms with Crippen molar-refractivity contribution in [3.63, 3.8) is 0 Å². The Kier molecular flexibility index (Phi) is 5.65. The molecule has 1 saturated heterocycles. The SMILES string of the molecule is Cc1cc(F)cc(C2(N3CCN(Cc4ccccc4Cl)CC3)C(=O)c3ccccc3C2=O)c1. The average Bonchev–Trinajstić information content (AvgIpc) is 3.03. The van der Waals surface area contributed by atoms with Crippen LogP contribution in [0.2, 0.25) is 5.02 Å². The van der Waals surface area contributed by atoms with Crippen molar-refractivity contribution in [3.05, 3.63) is 105 Å². The van der Waals surface area contributed by atoms with Crippen molar-refractivity contribution in [2.45, 2.75) is 19.0 Å². The molecule has 0 aromatic heterocycles. The number of hydrogen-bond donors (Lipinski definition) is 0. The third-order valence-corrected chi connectivity index (χ3v) is 7.10. The van der Waals surface area contributed by atoms with Crippen molar-refractivity contribution in [2.75, 3.05) is 26.2 Å². The third kappa shape index (κ3) is 3.61. The molecule has 1 fully saturated rings. The number of aryl methyl sites for hydroxylation is 1. The van der Waals surface area contributed by atoms with Crippen LogP contribution in [0.25, 0.3) is 0 Å². The van der Waals surface area contributed by atoms with Crippen LogP contribution in [-0.2, 0) is 12.1 Å². The lowest BCUT2D eigenvalue weighted by molar-refractivity contribution is 0.0278. The van der Waals surface area contributed by atoms with Gasteiger partial charge in [-0.3, -0.25) is 19.4 Å². The van der Waals surface area contributed by atoms with Crippen LogP contribution in [0.1, 0.15) is 37.4 Å². The Morgan fingerprint density at radius 2 is 1.48 bits per heavy atom. The molecule has 0 radical (unpaired) electrons. The lowest BCUT2D eigenvalue weighted by Crippen LogP contribution is -2.60. The van der Waals surface area contributed by atoms with Crippen LogP contribution in [0.5, 0.6) is 0 Å². The summed E-state index contributed by atoms with van der Waals surface area (Å²) in [5, 5.41) is 0.725. The van der Waals surface area contributed by atoms with Gasteiger partial charge in [-0.25, -0.2) is 4.39 Å². The summed E-state index contributed by atoms with van der Waals surface area (Å²) in [6, 6.07) is 19.2. The minimum Gasteiger partial charge on any atom is -0.296 e. The molecule has 0 spiro atoms. The maximum Gasteiger partial charge on any atom is 0.196 e. The Morgan fingerprint density at radius 1 is 0.879 bits per heavy atom. The van der Waals surface area contributed by atoms with E-state index in [0.29, 0.717) is 55.0 Å². The molecule has 0 bridgehead atoms. The molecule has 0 N–H and O–H groups in total. The minimum absolute atomic E-state index is 0.271. The average molecular weight is 463 g/mol. The van der Waals surface area contributed by atoms with E-state index in [1.165, 1.54) is 12.1 Å². The first-order valence-corrected chi connectivity index (χ1v) is 11.5. The Bertz CT molecular complexity index is 1200. The van der Waals surface area contributed by atoms with Gasteiger partial charge in [-0.05, 0) is 41.8 Å². The van der Waals surface area contributed by atoms with E-state index in [1.807, 2.05) is 29.2 Å². The van der Waals surface area contributed by atoms with Crippen LogP contribution in [0.15, 0.2) is 66.7 Å². The van der Waals surface area contributed by atoms with Gasteiger partial charge in [0.15, 0.2) is 17.1 Å². The Morgan fingerprint density at radius 3 is 2.09 bits per heavy atom. The summed E-state index contributed by atoms with van der Waals surface area (Å²) in [5.41, 5.74) is 1.41. The summed E-state index contributed by atoms with van der Waals surface area (Å²) in [7, 11) is 0. The van der Waals surface area contributed by atoms with Crippen molar-refractivity contribution in [2.24, 2.45) is 0 Å². The molecule has 4 nitrogen and oxygen atoms in total. The number of ketones is 2. The van der Waals surface area contributed by atoms with Gasteiger partial charge >= 0.3 is 0 Å². The smallest absolute Gasteiger partial charge is 0.196 e. The number of nitrogens with zero attached hydrogens (tertiary/aromatic N) is 2. The second-order valence-electron chi connectivity index (χ2n) is 8.79. The van der Waals surface area contributed by atoms with Crippen LogP contribution >= 0.6 is 11.6 Å². The summed E-state index contributed by atoms with van der Waals surface area (Å²) in [5.74, 6) is -0.987. The number of rotatable bonds is 4. The molecule has 3 aromatic rings. The fraction of sp³-hybridized carbons (Fsp3) is 0.259. The maximum atomic E-state index is 14.5. The predicted molar refractivity (Wildman–Crippen MR) is 126 cm³/mol. The molecule has 0 amide bonds. The minimum atomic E-state index is -1.53. The van der Waals surface area contributed by atoms with Gasteiger partial charge in [0.2, 0.25) is 0 Å². The van der Waals surface area contributed by atoms with E-state index in [0.717, 1.165) is 10.6 Å². The molecule has 0 atom stereocenters. The molecular formula is C27H24ClFN2O2. The lowest BCUT2D eigenvalue weighted by Gasteiger charge is -2.44. The zero-order chi connectivity index (χ0) is 23.2. The molecule has 5 rings (SSSR count). The first kappa shape index (κ1) is 22.0. The van der Waals surface area contributed by atoms with Crippen LogP contribution in [-0.4, -0.2) is 47.5 Å². The monoisotopic (exact) mass is 462 g/mol. The van der Waals surface area contributed by atoms with Gasteiger partial charge < -0.3 is 0 Å². The number of carbonyl (C=O) groups is 2. The summed E-state index contributed by atoms with van der Waals surface area (Å²) in [6.07, 6.45) is 0. The second-order valence-corrected chi connectivity index (χ2v) is 9.19. The topological polar surface area (TPSA) is 40.6 Å². The zero-order valence-electron chi connectivity index (χ0n) is 18.4. The molecule has 6 heteroatoms. The molecule has 1 aliphatic heterocycles. The highest BCUT2D eigenvalue weighted by Gasteiger charge is 2.58. The van der Waals surface area contributed by atoms with Crippen molar-refractivity contribution in [1.29, 1.82) is 0 Å². The molecule has 0 saturated carbocycles. The molecule has 168 valence electrons. The van der Waals surface area contributed by atoms with E-state index in [4.69, 9.17) is 11.6 Å². The van der Waals surface area contributed by atoms with E-state index >= 15 is 0 Å². The number of benzene rings is 3. The van der Waals surface area contributed by atoms with Crippen molar-refractivity contribution < 1.29 is 14.0 Å². The number of Topliss-reactive ketones (excluding diaryl/α,β-unsaturated/α-hetero) is 2. The zero-order valence-corrected chi connectivity index (χ0v) is 19.1. The molecule has 3 aromatic carbocycles. The van der Waals surface area contributed by atoms with E-state index in [-0.39, 0.29) is 11.6 Å². The highest BCUT2D eigenvalue weighted by molar-refractivity contribution is 6.33. The predicted octanol–water partition coefficient (Wildman–Crippen LogP) is 4.88. The van der Waals surface area contributed by atoms with Gasteiger partial charge in [-0.15, -0.1) is 0 Å². The quantitative estimate of drug-likeness (QED) is 0.518. The summed E-state index contributed by atoms with van der Waals surface area (Å²) in [4.78, 5) is 31.9. The highest BCUT2D eigenvalue weighted by Crippen LogP contribution is 2.43. The van der Waals surface area contributed by atoms with Gasteiger partial charge in [0.25, 0.3) is 0 Å². The van der Waals surface area contributed by atoms with Crippen molar-refractivity contribution >= 4 is 23.2 Å². The van der Waals surface area contributed by atoms with E-state index in [1.54, 1.807) is 37.3 Å². The third-order valence-electron chi connectivity index (χ3n) is 6.73. The van der Waals surface area contributed by atoms with Gasteiger partial charge in [0.1, 0.15) is 5.82 Å². The lowest BCUT2D eigenvalue weighted by atomic mass is 9.81. The second kappa shape index (κ2) is 8.49. The fourth-order valence-corrected chi connectivity index (χ4v) is 5.35. The van der Waals surface area contributed by atoms with Crippen LogP contribution in [0, 0.1) is 12.7 Å². The molecule has 2 aliphatic rings. The standard InChI is InChI=1S/C27H24ClFN2O2/c1-18-14-20(16-21(29)15-18)27(25(32)22-7-3-4-8-23(22)26(27)33)31-12-10-30(11-13-31)17-19-6-2-5-9-24(19)28/h2-9,14-16H,10-13,17H2,1H3. The van der Waals surface area contributed by atoms with Gasteiger partial charge in [0, 0.05) is 48.9 Å². The molecule has 1 aliphatic carbocycles. The van der Waals surface area contributed by atoms with E-state index in [9.17, 15) is 14.0 Å². The summed E-state index contributed by atoms with van der Waals surface area (Å²) >= 11 is 6.34. The van der Waals surface area contributed by atoms with E-state index in [2.05, 4.69) is 4.90 Å². The maximum absolute atomic E-state index is 14.5. The Balaban J connectivity index is 1.50. The van der Waals surface area contributed by atoms with Crippen molar-refractivity contribution in [3.8, 4) is 0 Å². The number of hydrogen-bond acceptors (Lipinski definition) is 4. The van der Waals surface area contributed by atoms with E-state index < -0.39 is 11.4 Å². The van der Waals surface area contributed by atoms with Gasteiger partial charge in [-0.1, -0.05) is 60.1 Å². The fourth-order valence-electron chi connectivity index (χ4n) is 5.16. The summed E-state index contributed by atoms with van der Waals surface area (Å²) < 4.78 is 14.5. The first-order valence-electron chi connectivity index (χ1n) is 11.1. The molecule has 33 heavy (non-hydrogen) atoms. The summed E-state index contributed by atoms with van der Waals surface area (Å²) in [6.45, 7) is 4.81. The molecular weight excluding hydrogens is 439 g/mol. The Labute approximate surface area is 197 Å². The molecule has 0 unspecified atom stereocenters. The van der Waals surface area contributed by atoms with Crippen molar-refractivity contribution in [1.82, 2.24) is 9.80 Å². The molecule has 1 heterocycles. The van der Waals surface area contributed by atoms with Crippen LogP contribution in [0.4, 0.5) is 4.39 Å². The number of fused-ring (bicyclic) bond motifs is 1. The number of piperazine rings is 1. The van der Waals surface area contributed by atoms with Gasteiger partial charge in [0.05, 0.1) is 0 Å². The number of carbonyl (C=O) groups excluding carboxylic acids is 2. The normalized spacial score (nSPS) is 18.5. The first-order chi connectivity index (χ1) is 15.9.